The van der Waals surface area contributed by atoms with E-state index in [9.17, 15) is 13.6 Å². The van der Waals surface area contributed by atoms with Crippen LogP contribution in [0.3, 0.4) is 0 Å². The summed E-state index contributed by atoms with van der Waals surface area (Å²) in [5.74, 6) is -0.554. The van der Waals surface area contributed by atoms with Crippen LogP contribution >= 0.6 is 0 Å². The van der Waals surface area contributed by atoms with E-state index in [2.05, 4.69) is 10.1 Å². The minimum absolute atomic E-state index is 0.00522. The molecular formula is C22H21F2N3O2. The quantitative estimate of drug-likeness (QED) is 0.761. The summed E-state index contributed by atoms with van der Waals surface area (Å²) in [6, 6.07) is 6.54. The molecule has 1 unspecified atom stereocenters. The third-order valence-corrected chi connectivity index (χ3v) is 6.36. The first-order valence-corrected chi connectivity index (χ1v) is 9.76. The average Bonchev–Trinajstić information content (AvgIpc) is 3.12. The van der Waals surface area contributed by atoms with Crippen LogP contribution in [0.1, 0.15) is 42.9 Å². The number of amides is 1. The lowest BCUT2D eigenvalue weighted by atomic mass is 9.35. The molecule has 3 aliphatic carbocycles. The summed E-state index contributed by atoms with van der Waals surface area (Å²) in [6.45, 7) is 2.50. The fourth-order valence-corrected chi connectivity index (χ4v) is 5.03. The van der Waals surface area contributed by atoms with Crippen LogP contribution in [0, 0.1) is 29.4 Å². The van der Waals surface area contributed by atoms with Crippen LogP contribution < -0.4 is 4.74 Å². The van der Waals surface area contributed by atoms with Crippen molar-refractivity contribution in [2.45, 2.75) is 38.6 Å². The van der Waals surface area contributed by atoms with E-state index in [0.717, 1.165) is 43.0 Å². The van der Waals surface area contributed by atoms with Gasteiger partial charge in [-0.15, -0.1) is 0 Å². The Morgan fingerprint density at radius 3 is 2.76 bits per heavy atom. The van der Waals surface area contributed by atoms with Gasteiger partial charge in [-0.05, 0) is 49.9 Å². The molecule has 3 fully saturated rings. The van der Waals surface area contributed by atoms with Gasteiger partial charge in [-0.2, -0.15) is 5.10 Å². The fourth-order valence-electron chi connectivity index (χ4n) is 5.03. The molecule has 1 aromatic heterocycles. The molecule has 1 amide bonds. The van der Waals surface area contributed by atoms with E-state index in [1.54, 1.807) is 12.4 Å². The summed E-state index contributed by atoms with van der Waals surface area (Å²) in [5.41, 5.74) is 0.799. The lowest BCUT2D eigenvalue weighted by Gasteiger charge is -2.69. The highest BCUT2D eigenvalue weighted by Gasteiger charge is 2.73. The maximum Gasteiger partial charge on any atom is 0.249 e. The molecule has 5 nitrogen and oxygen atoms in total. The second-order valence-electron chi connectivity index (χ2n) is 8.64. The SMILES string of the molecule is Cc1ccc(OCC23CC(C(=O)N4N=CCC4c4cc(F)ccc4F)(C2)C3)nc1. The van der Waals surface area contributed by atoms with E-state index in [1.807, 2.05) is 19.1 Å². The van der Waals surface area contributed by atoms with Crippen molar-refractivity contribution in [1.82, 2.24) is 9.99 Å². The minimum atomic E-state index is -0.587. The Kier molecular flexibility index (Phi) is 3.98. The predicted molar refractivity (Wildman–Crippen MR) is 102 cm³/mol. The van der Waals surface area contributed by atoms with Crippen molar-refractivity contribution >= 4 is 12.1 Å². The van der Waals surface area contributed by atoms with Crippen molar-refractivity contribution < 1.29 is 18.3 Å². The second kappa shape index (κ2) is 6.34. The van der Waals surface area contributed by atoms with Crippen LogP contribution in [0.5, 0.6) is 5.88 Å². The number of carbonyl (C=O) groups is 1. The van der Waals surface area contributed by atoms with Gasteiger partial charge in [-0.25, -0.2) is 18.8 Å². The summed E-state index contributed by atoms with van der Waals surface area (Å²) in [6.07, 6.45) is 5.94. The molecule has 7 heteroatoms. The van der Waals surface area contributed by atoms with Crippen LogP contribution in [-0.2, 0) is 4.79 Å². The number of ether oxygens (including phenoxy) is 1. The number of hydrogen-bond acceptors (Lipinski definition) is 4. The number of pyridine rings is 1. The first-order valence-electron chi connectivity index (χ1n) is 9.76. The largest absolute Gasteiger partial charge is 0.477 e. The van der Waals surface area contributed by atoms with Gasteiger partial charge in [0.1, 0.15) is 11.6 Å². The Morgan fingerprint density at radius 2 is 2.03 bits per heavy atom. The molecule has 0 radical (unpaired) electrons. The third-order valence-electron chi connectivity index (χ3n) is 6.36. The molecule has 150 valence electrons. The molecule has 0 spiro atoms. The predicted octanol–water partition coefficient (Wildman–Crippen LogP) is 4.18. The van der Waals surface area contributed by atoms with Crippen molar-refractivity contribution in [1.29, 1.82) is 0 Å². The van der Waals surface area contributed by atoms with Gasteiger partial charge >= 0.3 is 0 Å². The van der Waals surface area contributed by atoms with E-state index < -0.39 is 23.1 Å². The number of rotatable bonds is 5. The Balaban J connectivity index is 1.24. The molecule has 0 N–H and O–H groups in total. The van der Waals surface area contributed by atoms with Gasteiger partial charge in [0.2, 0.25) is 11.8 Å². The monoisotopic (exact) mass is 397 g/mol. The maximum atomic E-state index is 14.2. The first-order chi connectivity index (χ1) is 13.9. The van der Waals surface area contributed by atoms with E-state index >= 15 is 0 Å². The van der Waals surface area contributed by atoms with E-state index in [1.165, 1.54) is 5.01 Å². The molecular weight excluding hydrogens is 376 g/mol. The number of hydrazone groups is 1. The number of halogens is 2. The minimum Gasteiger partial charge on any atom is -0.477 e. The van der Waals surface area contributed by atoms with Crippen LogP contribution in [0.2, 0.25) is 0 Å². The molecule has 2 heterocycles. The van der Waals surface area contributed by atoms with Crippen molar-refractivity contribution in [3.8, 4) is 5.88 Å². The zero-order valence-electron chi connectivity index (χ0n) is 16.1. The van der Waals surface area contributed by atoms with E-state index in [-0.39, 0.29) is 16.9 Å². The Labute approximate surface area is 167 Å². The van der Waals surface area contributed by atoms with Gasteiger partial charge in [0.15, 0.2) is 0 Å². The van der Waals surface area contributed by atoms with Crippen molar-refractivity contribution in [3.05, 3.63) is 59.3 Å². The third kappa shape index (κ3) is 2.91. The van der Waals surface area contributed by atoms with Crippen molar-refractivity contribution in [2.75, 3.05) is 6.61 Å². The van der Waals surface area contributed by atoms with Crippen molar-refractivity contribution in [2.24, 2.45) is 15.9 Å². The first kappa shape index (κ1) is 18.2. The smallest absolute Gasteiger partial charge is 0.249 e. The Morgan fingerprint density at radius 1 is 1.24 bits per heavy atom. The summed E-state index contributed by atoms with van der Waals surface area (Å²) in [4.78, 5) is 17.4. The zero-order chi connectivity index (χ0) is 20.2. The molecule has 4 aliphatic rings. The number of hydrogen-bond donors (Lipinski definition) is 0. The summed E-state index contributed by atoms with van der Waals surface area (Å²) in [5, 5.41) is 5.54. The Hall–Kier alpha value is -2.83. The van der Waals surface area contributed by atoms with Gasteiger partial charge in [0.05, 0.1) is 18.1 Å². The molecule has 1 aliphatic heterocycles. The second-order valence-corrected chi connectivity index (χ2v) is 8.64. The van der Waals surface area contributed by atoms with E-state index in [0.29, 0.717) is 18.9 Å². The molecule has 0 saturated heterocycles. The average molecular weight is 397 g/mol. The summed E-state index contributed by atoms with van der Waals surface area (Å²) in [7, 11) is 0. The van der Waals surface area contributed by atoms with Crippen LogP contribution in [0.15, 0.2) is 41.6 Å². The molecule has 1 atom stereocenters. The molecule has 29 heavy (non-hydrogen) atoms. The standard InChI is InChI=1S/C22H21F2N3O2/c1-14-2-5-19(25-9-14)29-13-21-10-22(11-21,12-21)20(28)27-18(6-7-26-27)16-8-15(23)3-4-17(16)24/h2-5,7-9,18H,6,10-13H2,1H3. The topological polar surface area (TPSA) is 54.8 Å². The molecule has 2 bridgehead atoms. The molecule has 1 aromatic carbocycles. The van der Waals surface area contributed by atoms with Gasteiger partial charge < -0.3 is 4.74 Å². The highest BCUT2D eigenvalue weighted by molar-refractivity contribution is 5.88. The molecule has 2 aromatic rings. The number of benzene rings is 1. The maximum absolute atomic E-state index is 14.2. The molecule has 6 rings (SSSR count). The van der Waals surface area contributed by atoms with Gasteiger partial charge in [-0.1, -0.05) is 6.07 Å². The van der Waals surface area contributed by atoms with Crippen molar-refractivity contribution in [3.63, 3.8) is 0 Å². The molecule has 3 saturated carbocycles. The fraction of sp³-hybridized carbons (Fsp3) is 0.409. The summed E-state index contributed by atoms with van der Waals surface area (Å²) >= 11 is 0. The normalized spacial score (nSPS) is 29.3. The zero-order valence-corrected chi connectivity index (χ0v) is 16.1. The van der Waals surface area contributed by atoms with Gasteiger partial charge in [0, 0.05) is 35.9 Å². The van der Waals surface area contributed by atoms with E-state index in [4.69, 9.17) is 4.74 Å². The van der Waals surface area contributed by atoms with Gasteiger partial charge in [-0.3, -0.25) is 4.79 Å². The highest BCUT2D eigenvalue weighted by Crippen LogP contribution is 2.74. The van der Waals surface area contributed by atoms with Crippen LogP contribution in [-0.4, -0.2) is 28.7 Å². The lowest BCUT2D eigenvalue weighted by Crippen LogP contribution is -2.69. The number of aryl methyl sites for hydroxylation is 1. The Bertz CT molecular complexity index is 986. The van der Waals surface area contributed by atoms with Crippen LogP contribution in [0.4, 0.5) is 8.78 Å². The lowest BCUT2D eigenvalue weighted by molar-refractivity contribution is -0.227. The van der Waals surface area contributed by atoms with Crippen LogP contribution in [0.25, 0.3) is 0 Å². The number of carbonyl (C=O) groups excluding carboxylic acids is 1. The number of aromatic nitrogens is 1. The highest BCUT2D eigenvalue weighted by atomic mass is 19.1. The number of nitrogens with zero attached hydrogens (tertiary/aromatic N) is 3. The van der Waals surface area contributed by atoms with Gasteiger partial charge in [0.25, 0.3) is 0 Å². The summed E-state index contributed by atoms with van der Waals surface area (Å²) < 4.78 is 33.7.